The number of piperidine rings is 1. The van der Waals surface area contributed by atoms with Crippen molar-refractivity contribution in [3.05, 3.63) is 94.7 Å². The SMILES string of the molecule is COc1cc(N2CCC(NC(=O)CCOCCOCCOCCC(=O)NC(C(=O)N3C[C@H](O)C[C@H]3C(=O)NCc3ccc(-c4scnc4C)cc3)C(C)(C)C)CC2)ccc1Nc1ncc(Cl)c(Nc2ccccc2P(C)(C)=O)n1. The number of hydrogen-bond acceptors (Lipinski definition) is 17. The molecule has 426 valence electrons. The number of carbonyl (C=O) groups is 4. The molecule has 79 heavy (non-hydrogen) atoms. The fraction of sp³-hybridized carbons (Fsp3) is 0.482. The number of aliphatic hydroxyl groups is 1. The Labute approximate surface area is 471 Å². The summed E-state index contributed by atoms with van der Waals surface area (Å²) >= 11 is 8.04. The molecule has 4 heterocycles. The zero-order chi connectivity index (χ0) is 56.7. The van der Waals surface area contributed by atoms with Crippen LogP contribution in [0.1, 0.15) is 64.1 Å². The summed E-state index contributed by atoms with van der Waals surface area (Å²) in [6.07, 6.45) is 2.49. The average Bonchev–Trinajstić information content (AvgIpc) is 4.07. The van der Waals surface area contributed by atoms with Gasteiger partial charge in [-0.3, -0.25) is 19.2 Å². The summed E-state index contributed by atoms with van der Waals surface area (Å²) in [7, 11) is -0.979. The summed E-state index contributed by atoms with van der Waals surface area (Å²) in [6.45, 7) is 14.1. The molecule has 7 rings (SSSR count). The topological polar surface area (TPSA) is 248 Å². The quantitative estimate of drug-likeness (QED) is 0.0240. The zero-order valence-corrected chi connectivity index (χ0v) is 48.5. The zero-order valence-electron chi connectivity index (χ0n) is 46.0. The van der Waals surface area contributed by atoms with Crippen molar-refractivity contribution in [3.8, 4) is 16.2 Å². The van der Waals surface area contributed by atoms with Crippen LogP contribution < -0.4 is 41.5 Å². The number of aliphatic hydroxyl groups excluding tert-OH is 1. The highest BCUT2D eigenvalue weighted by Crippen LogP contribution is 2.39. The molecule has 0 radical (unpaired) electrons. The Kier molecular flexibility index (Phi) is 21.6. The van der Waals surface area contributed by atoms with E-state index in [1.54, 1.807) is 31.8 Å². The largest absolute Gasteiger partial charge is 0.494 e. The molecule has 20 nitrogen and oxygen atoms in total. The molecule has 0 bridgehead atoms. The maximum atomic E-state index is 14.0. The predicted octanol–water partition coefficient (Wildman–Crippen LogP) is 7.03. The molecular weight excluding hydrogens is 1070 g/mol. The van der Waals surface area contributed by atoms with Crippen LogP contribution in [-0.2, 0) is 44.5 Å². The Morgan fingerprint density at radius 3 is 2.19 bits per heavy atom. The lowest BCUT2D eigenvalue weighted by Gasteiger charge is -2.35. The molecule has 2 aliphatic rings. The van der Waals surface area contributed by atoms with Gasteiger partial charge in [0.15, 0.2) is 5.82 Å². The molecular formula is C56H74ClN10O10PS. The molecule has 5 aromatic rings. The predicted molar refractivity (Wildman–Crippen MR) is 309 cm³/mol. The van der Waals surface area contributed by atoms with E-state index in [1.807, 2.05) is 99.9 Å². The maximum absolute atomic E-state index is 14.0. The van der Waals surface area contributed by atoms with Gasteiger partial charge in [-0.1, -0.05) is 68.8 Å². The smallest absolute Gasteiger partial charge is 0.246 e. The molecule has 6 N–H and O–H groups in total. The van der Waals surface area contributed by atoms with E-state index in [1.165, 1.54) is 11.1 Å². The number of benzene rings is 3. The number of nitrogens with zero attached hydrogens (tertiary/aromatic N) is 5. The molecule has 3 atom stereocenters. The van der Waals surface area contributed by atoms with Crippen molar-refractivity contribution in [1.29, 1.82) is 0 Å². The maximum Gasteiger partial charge on any atom is 0.246 e. The summed E-state index contributed by atoms with van der Waals surface area (Å²) in [5, 5.41) is 26.9. The highest BCUT2D eigenvalue weighted by atomic mass is 35.5. The van der Waals surface area contributed by atoms with E-state index in [0.29, 0.717) is 52.4 Å². The first-order valence-corrected chi connectivity index (χ1v) is 30.3. The van der Waals surface area contributed by atoms with Crippen LogP contribution in [0.5, 0.6) is 5.75 Å². The Morgan fingerprint density at radius 1 is 0.873 bits per heavy atom. The van der Waals surface area contributed by atoms with E-state index >= 15 is 0 Å². The molecule has 1 unspecified atom stereocenters. The first kappa shape index (κ1) is 60.5. The minimum atomic E-state index is -2.58. The number of methoxy groups -OCH3 is 1. The number of ether oxygens (including phenoxy) is 4. The van der Waals surface area contributed by atoms with Crippen molar-refractivity contribution >= 4 is 87.8 Å². The second-order valence-corrected chi connectivity index (χ2v) is 25.4. The first-order valence-electron chi connectivity index (χ1n) is 26.5. The number of aryl methyl sites for hydroxylation is 1. The summed E-state index contributed by atoms with van der Waals surface area (Å²) in [4.78, 5) is 71.3. The molecule has 2 aromatic heterocycles. The Bertz CT molecular complexity index is 2910. The van der Waals surface area contributed by atoms with Gasteiger partial charge < -0.3 is 65.0 Å². The Morgan fingerprint density at radius 2 is 1.54 bits per heavy atom. The Hall–Kier alpha value is -6.19. The molecule has 3 aromatic carbocycles. The molecule has 4 amide bonds. The number of aromatic nitrogens is 3. The lowest BCUT2D eigenvalue weighted by molar-refractivity contribution is -0.144. The van der Waals surface area contributed by atoms with Crippen molar-refractivity contribution in [3.63, 3.8) is 0 Å². The third kappa shape index (κ3) is 17.4. The first-order chi connectivity index (χ1) is 37.8. The van der Waals surface area contributed by atoms with Gasteiger partial charge in [-0.05, 0) is 73.9 Å². The number of amides is 4. The molecule has 2 aliphatic heterocycles. The van der Waals surface area contributed by atoms with Crippen LogP contribution in [-0.4, -0.2) is 153 Å². The number of likely N-dealkylation sites (tertiary alicyclic amines) is 1. The number of nitrogens with one attached hydrogen (secondary N) is 5. The van der Waals surface area contributed by atoms with Crippen LogP contribution in [0.2, 0.25) is 5.02 Å². The highest BCUT2D eigenvalue weighted by molar-refractivity contribution is 7.70. The van der Waals surface area contributed by atoms with E-state index in [9.17, 15) is 28.8 Å². The summed E-state index contributed by atoms with van der Waals surface area (Å²) < 4.78 is 35.5. The van der Waals surface area contributed by atoms with Gasteiger partial charge in [-0.15, -0.1) is 11.3 Å². The van der Waals surface area contributed by atoms with Gasteiger partial charge in [0.2, 0.25) is 29.6 Å². The van der Waals surface area contributed by atoms with Crippen molar-refractivity contribution in [2.75, 3.05) is 95.2 Å². The number of β-amino-alcohol motifs (C(OH)–C–C–N with tert-alkyl or cyclic N) is 1. The third-order valence-electron chi connectivity index (χ3n) is 13.5. The number of halogens is 1. The van der Waals surface area contributed by atoms with Crippen LogP contribution in [0.4, 0.5) is 28.8 Å². The van der Waals surface area contributed by atoms with Gasteiger partial charge in [-0.25, -0.2) is 9.97 Å². The van der Waals surface area contributed by atoms with Crippen LogP contribution in [0, 0.1) is 12.3 Å². The van der Waals surface area contributed by atoms with E-state index < -0.39 is 36.7 Å². The lowest BCUT2D eigenvalue weighted by atomic mass is 9.85. The van der Waals surface area contributed by atoms with Crippen LogP contribution in [0.3, 0.4) is 0 Å². The normalized spacial score (nSPS) is 16.3. The standard InChI is InChI=1S/C56H74ClN10O10PS/c1-36-50(79-35-60-36)38-14-12-37(13-15-38)32-58-53(71)45-31-41(68)34-67(45)54(72)51(56(2,3)4)64-49(70)21-25-76-27-29-77-28-26-75-24-20-48(69)61-39-18-22-66(23-19-39)40-16-17-43(46(30-40)74-5)63-55-59-33-42(57)52(65-55)62-44-10-8-9-11-47(44)78(6,7)73/h8-17,30,33,35,39,41,45,51,68H,18-29,31-32,34H2,1-7H3,(H,58,71)(H,61,69)(H,64,70)(H2,59,62,63,65)/t41-,45+,51?/m1/s1. The van der Waals surface area contributed by atoms with E-state index in [2.05, 4.69) is 46.4 Å². The second kappa shape index (κ2) is 28.3. The molecule has 0 saturated carbocycles. The minimum absolute atomic E-state index is 0.00564. The van der Waals surface area contributed by atoms with Crippen molar-refractivity contribution in [2.24, 2.45) is 5.41 Å². The van der Waals surface area contributed by atoms with Gasteiger partial charge in [0.25, 0.3) is 0 Å². The molecule has 0 spiro atoms. The van der Waals surface area contributed by atoms with Crippen molar-refractivity contribution < 1.29 is 47.8 Å². The fourth-order valence-electron chi connectivity index (χ4n) is 9.26. The third-order valence-corrected chi connectivity index (χ3v) is 16.3. The van der Waals surface area contributed by atoms with Crippen molar-refractivity contribution in [1.82, 2.24) is 35.8 Å². The summed E-state index contributed by atoms with van der Waals surface area (Å²) in [5.74, 6) is -0.00370. The number of rotatable bonds is 26. The monoisotopic (exact) mass is 1140 g/mol. The lowest BCUT2D eigenvalue weighted by Crippen LogP contribution is -2.57. The van der Waals surface area contributed by atoms with E-state index in [0.717, 1.165) is 53.3 Å². The number of anilines is 5. The van der Waals surface area contributed by atoms with Gasteiger partial charge in [0.05, 0.1) is 86.5 Å². The minimum Gasteiger partial charge on any atom is -0.494 e. The van der Waals surface area contributed by atoms with Crippen LogP contribution in [0.15, 0.2) is 78.4 Å². The number of para-hydroxylation sites is 1. The van der Waals surface area contributed by atoms with E-state index in [4.69, 9.17) is 30.5 Å². The second-order valence-electron chi connectivity index (χ2n) is 21.0. The molecule has 0 aliphatic carbocycles. The van der Waals surface area contributed by atoms with Gasteiger partial charge in [0, 0.05) is 68.5 Å². The van der Waals surface area contributed by atoms with Gasteiger partial charge in [0.1, 0.15) is 30.0 Å². The highest BCUT2D eigenvalue weighted by Gasteiger charge is 2.44. The van der Waals surface area contributed by atoms with Gasteiger partial charge >= 0.3 is 0 Å². The Balaban J connectivity index is 0.735. The van der Waals surface area contributed by atoms with Crippen LogP contribution in [0.25, 0.3) is 10.4 Å². The van der Waals surface area contributed by atoms with Crippen molar-refractivity contribution in [2.45, 2.75) is 90.6 Å². The number of hydrogen-bond donors (Lipinski definition) is 6. The summed E-state index contributed by atoms with van der Waals surface area (Å²) in [6, 6.07) is 19.3. The average molecular weight is 1150 g/mol. The van der Waals surface area contributed by atoms with E-state index in [-0.39, 0.29) is 82.5 Å². The van der Waals surface area contributed by atoms with Crippen LogP contribution >= 0.6 is 30.1 Å². The number of carbonyl (C=O) groups excluding carboxylic acids is 4. The molecule has 2 fully saturated rings. The summed E-state index contributed by atoms with van der Waals surface area (Å²) in [5.41, 5.74) is 6.31. The van der Waals surface area contributed by atoms with Gasteiger partial charge in [-0.2, -0.15) is 4.98 Å². The number of thiazole rings is 1. The molecule has 23 heteroatoms. The molecule has 2 saturated heterocycles. The fourth-order valence-corrected chi connectivity index (χ4v) is 11.4.